The van der Waals surface area contributed by atoms with Crippen molar-refractivity contribution in [1.29, 1.82) is 0 Å². The summed E-state index contributed by atoms with van der Waals surface area (Å²) in [5.41, 5.74) is 0.963. The van der Waals surface area contributed by atoms with Crippen molar-refractivity contribution < 1.29 is 17.6 Å². The van der Waals surface area contributed by atoms with E-state index in [1.165, 1.54) is 25.1 Å². The molecule has 0 unspecified atom stereocenters. The lowest BCUT2D eigenvalue weighted by atomic mass is 10.2. The highest BCUT2D eigenvalue weighted by atomic mass is 32.2. The molecule has 0 fully saturated rings. The average Bonchev–Trinajstić information content (AvgIpc) is 2.96. The number of Topliss-reactive ketones (excluding diaryl/α,β-unsaturated/α-hetero) is 1. The van der Waals surface area contributed by atoms with E-state index >= 15 is 0 Å². The highest BCUT2D eigenvalue weighted by molar-refractivity contribution is 7.89. The second-order valence-electron chi connectivity index (χ2n) is 5.11. The summed E-state index contributed by atoms with van der Waals surface area (Å²) in [6, 6.07) is 9.62. The van der Waals surface area contributed by atoms with Gasteiger partial charge in [-0.05, 0) is 31.2 Å². The zero-order valence-electron chi connectivity index (χ0n) is 12.9. The molecule has 0 aliphatic carbocycles. The first kappa shape index (κ1) is 17.0. The lowest BCUT2D eigenvalue weighted by Gasteiger charge is -2.19. The number of rotatable bonds is 6. The van der Waals surface area contributed by atoms with E-state index in [0.717, 1.165) is 9.87 Å². The topological polar surface area (TPSA) is 67.6 Å². The Morgan fingerprint density at radius 1 is 1.22 bits per heavy atom. The molecule has 0 radical (unpaired) electrons. The van der Waals surface area contributed by atoms with Gasteiger partial charge in [0.15, 0.2) is 11.5 Å². The van der Waals surface area contributed by atoms with Gasteiger partial charge in [0.05, 0.1) is 18.0 Å². The first-order valence-electron chi connectivity index (χ1n) is 6.94. The van der Waals surface area contributed by atoms with Crippen LogP contribution in [0.4, 0.5) is 0 Å². The van der Waals surface area contributed by atoms with Crippen LogP contribution in [0.15, 0.2) is 45.7 Å². The minimum atomic E-state index is -3.74. The number of furan rings is 1. The Labute approximate surface area is 136 Å². The lowest BCUT2D eigenvalue weighted by Crippen LogP contribution is -2.31. The third-order valence-corrected chi connectivity index (χ3v) is 5.07. The van der Waals surface area contributed by atoms with Crippen LogP contribution in [0.2, 0.25) is 0 Å². The highest BCUT2D eigenvalue weighted by Gasteiger charge is 2.25. The molecule has 0 spiro atoms. The number of ketones is 1. The van der Waals surface area contributed by atoms with Gasteiger partial charge in [-0.3, -0.25) is 4.79 Å². The van der Waals surface area contributed by atoms with Gasteiger partial charge in [-0.1, -0.05) is 23.6 Å². The molecule has 0 N–H and O–H groups in total. The van der Waals surface area contributed by atoms with Gasteiger partial charge in [0, 0.05) is 6.92 Å². The molecule has 1 aromatic heterocycles. The molecule has 0 atom stereocenters. The average molecular weight is 331 g/mol. The third-order valence-electron chi connectivity index (χ3n) is 3.27. The summed E-state index contributed by atoms with van der Waals surface area (Å²) in [7, 11) is -3.74. The summed E-state index contributed by atoms with van der Waals surface area (Å²) < 4.78 is 31.9. The van der Waals surface area contributed by atoms with Crippen LogP contribution in [-0.2, 0) is 16.6 Å². The molecule has 1 aromatic carbocycles. The summed E-state index contributed by atoms with van der Waals surface area (Å²) in [6.45, 7) is 3.13. The van der Waals surface area contributed by atoms with Crippen molar-refractivity contribution >= 4 is 15.8 Å². The summed E-state index contributed by atoms with van der Waals surface area (Å²) in [6.07, 6.45) is 5.29. The Bertz CT molecular complexity index is 841. The van der Waals surface area contributed by atoms with Gasteiger partial charge in [-0.15, -0.1) is 6.42 Å². The predicted octanol–water partition coefficient (Wildman–Crippen LogP) is 2.61. The van der Waals surface area contributed by atoms with Gasteiger partial charge < -0.3 is 4.42 Å². The standard InChI is InChI=1S/C17H17NO4S/c1-4-11-18(12-15-7-10-17(22-15)14(3)19)23(20,21)16-8-5-13(2)6-9-16/h1,5-10H,11-12H2,2-3H3. The zero-order chi connectivity index (χ0) is 17.0. The molecule has 120 valence electrons. The second-order valence-corrected chi connectivity index (χ2v) is 7.05. The predicted molar refractivity (Wildman–Crippen MR) is 86.3 cm³/mol. The molecule has 1 heterocycles. The fraction of sp³-hybridized carbons (Fsp3) is 0.235. The Morgan fingerprint density at radius 2 is 1.87 bits per heavy atom. The quantitative estimate of drug-likeness (QED) is 0.603. The first-order chi connectivity index (χ1) is 10.8. The Kier molecular flexibility index (Phi) is 5.04. The summed E-state index contributed by atoms with van der Waals surface area (Å²) in [5, 5.41) is 0. The number of nitrogens with zero attached hydrogens (tertiary/aromatic N) is 1. The van der Waals surface area contributed by atoms with E-state index in [0.29, 0.717) is 5.76 Å². The van der Waals surface area contributed by atoms with E-state index in [4.69, 9.17) is 10.8 Å². The van der Waals surface area contributed by atoms with Crippen molar-refractivity contribution in [1.82, 2.24) is 4.31 Å². The maximum Gasteiger partial charge on any atom is 0.244 e. The van der Waals surface area contributed by atoms with E-state index in [2.05, 4.69) is 5.92 Å². The first-order valence-corrected chi connectivity index (χ1v) is 8.38. The maximum absolute atomic E-state index is 12.7. The van der Waals surface area contributed by atoms with Crippen molar-refractivity contribution in [2.24, 2.45) is 0 Å². The van der Waals surface area contributed by atoms with Crippen LogP contribution in [0.5, 0.6) is 0 Å². The van der Waals surface area contributed by atoms with Crippen molar-refractivity contribution in [3.63, 3.8) is 0 Å². The number of hydrogen-bond donors (Lipinski definition) is 0. The van der Waals surface area contributed by atoms with Crippen molar-refractivity contribution in [3.8, 4) is 12.3 Å². The second kappa shape index (κ2) is 6.82. The molecular formula is C17H17NO4S. The fourth-order valence-electron chi connectivity index (χ4n) is 2.01. The number of aryl methyl sites for hydroxylation is 1. The Hall–Kier alpha value is -2.36. The SMILES string of the molecule is C#CCN(Cc1ccc(C(C)=O)o1)S(=O)(=O)c1ccc(C)cc1. The van der Waals surface area contributed by atoms with E-state index < -0.39 is 10.0 Å². The van der Waals surface area contributed by atoms with Gasteiger partial charge in [-0.25, -0.2) is 8.42 Å². The Morgan fingerprint density at radius 3 is 2.39 bits per heavy atom. The smallest absolute Gasteiger partial charge is 0.244 e. The number of carbonyl (C=O) groups is 1. The molecule has 0 bridgehead atoms. The minimum absolute atomic E-state index is 0.0340. The maximum atomic E-state index is 12.7. The number of carbonyl (C=O) groups excluding carboxylic acids is 1. The molecule has 2 aromatic rings. The normalized spacial score (nSPS) is 11.4. The summed E-state index contributed by atoms with van der Waals surface area (Å²) >= 11 is 0. The van der Waals surface area contributed by atoms with E-state index in [1.54, 1.807) is 18.2 Å². The molecule has 6 heteroatoms. The van der Waals surface area contributed by atoms with E-state index in [9.17, 15) is 13.2 Å². The Balaban J connectivity index is 2.31. The number of sulfonamides is 1. The largest absolute Gasteiger partial charge is 0.457 e. The minimum Gasteiger partial charge on any atom is -0.457 e. The highest BCUT2D eigenvalue weighted by Crippen LogP contribution is 2.20. The molecule has 0 aliphatic rings. The lowest BCUT2D eigenvalue weighted by molar-refractivity contribution is 0.0985. The van der Waals surface area contributed by atoms with Gasteiger partial charge >= 0.3 is 0 Å². The number of hydrogen-bond acceptors (Lipinski definition) is 4. The van der Waals surface area contributed by atoms with Crippen molar-refractivity contribution in [2.75, 3.05) is 6.54 Å². The van der Waals surface area contributed by atoms with Gasteiger partial charge in [-0.2, -0.15) is 4.31 Å². The van der Waals surface area contributed by atoms with E-state index in [-0.39, 0.29) is 29.5 Å². The van der Waals surface area contributed by atoms with Gasteiger partial charge in [0.25, 0.3) is 0 Å². The van der Waals surface area contributed by atoms with Crippen LogP contribution in [0.25, 0.3) is 0 Å². The fourth-order valence-corrected chi connectivity index (χ4v) is 3.33. The van der Waals surface area contributed by atoms with E-state index in [1.807, 2.05) is 6.92 Å². The molecule has 23 heavy (non-hydrogen) atoms. The zero-order valence-corrected chi connectivity index (χ0v) is 13.8. The van der Waals surface area contributed by atoms with Crippen LogP contribution in [0.1, 0.15) is 28.8 Å². The molecule has 0 amide bonds. The van der Waals surface area contributed by atoms with Crippen LogP contribution >= 0.6 is 0 Å². The third kappa shape index (κ3) is 3.89. The van der Waals surface area contributed by atoms with Crippen LogP contribution in [0.3, 0.4) is 0 Å². The molecule has 0 saturated heterocycles. The molecule has 0 aliphatic heterocycles. The van der Waals surface area contributed by atoms with Crippen LogP contribution in [0, 0.1) is 19.3 Å². The monoisotopic (exact) mass is 331 g/mol. The van der Waals surface area contributed by atoms with Crippen LogP contribution < -0.4 is 0 Å². The number of terminal acetylenes is 1. The van der Waals surface area contributed by atoms with Gasteiger partial charge in [0.1, 0.15) is 5.76 Å². The van der Waals surface area contributed by atoms with Gasteiger partial charge in [0.2, 0.25) is 10.0 Å². The molecule has 0 saturated carbocycles. The van der Waals surface area contributed by atoms with Crippen LogP contribution in [-0.4, -0.2) is 25.1 Å². The molecular weight excluding hydrogens is 314 g/mol. The van der Waals surface area contributed by atoms with Crippen molar-refractivity contribution in [3.05, 3.63) is 53.5 Å². The molecule has 5 nitrogen and oxygen atoms in total. The molecule has 2 rings (SSSR count). The van der Waals surface area contributed by atoms with Crippen molar-refractivity contribution in [2.45, 2.75) is 25.3 Å². The summed E-state index contributed by atoms with van der Waals surface area (Å²) in [4.78, 5) is 11.4. The summed E-state index contributed by atoms with van der Waals surface area (Å²) in [5.74, 6) is 2.67. The number of benzene rings is 1.